The quantitative estimate of drug-likeness (QED) is 0.146. The highest BCUT2D eigenvalue weighted by Crippen LogP contribution is 2.29. The molecule has 2 unspecified atom stereocenters. The number of benzene rings is 1. The highest BCUT2D eigenvalue weighted by atomic mass is 16.5. The number of hydrogen-bond donors (Lipinski definition) is 4. The minimum Gasteiger partial charge on any atom is -0.399 e. The third kappa shape index (κ3) is 14.5. The predicted octanol–water partition coefficient (Wildman–Crippen LogP) is 3.29. The van der Waals surface area contributed by atoms with E-state index in [1.807, 2.05) is 82.8 Å². The molecule has 1 heterocycles. The summed E-state index contributed by atoms with van der Waals surface area (Å²) < 4.78 is 11.9. The number of nitrogens with two attached hydrogens (primary N) is 2. The monoisotopic (exact) mass is 748 g/mol. The van der Waals surface area contributed by atoms with E-state index < -0.39 is 24.2 Å². The molecule has 1 aromatic carbocycles. The molecule has 6 N–H and O–H groups in total. The number of nitrogens with zero attached hydrogens (tertiary/aromatic N) is 3. The standard InChI is InChI=1S/C37H65N7O6.C3H8/c1-11-24(4)34(43(8)32(46)22-40-37(48)33(23(2)3)42(6)7)30(49-9)20-31(45)44-18-12-13-29(44)35(50-10)25(5)36(47)41-28(21-38)19-26-14-16-27(39)17-15-26;1-3-2/h14-17,23-25,28-30,33-35H,11-13,18-22,38-39H2,1-10H3,(H,40,48)(H,41,47);3H2,1-2H3/t24-,25+,28-,29-,30+,33?,34?,35+;/m0./s1. The highest BCUT2D eigenvalue weighted by molar-refractivity contribution is 5.87. The normalized spacial score (nSPS) is 18.2. The summed E-state index contributed by atoms with van der Waals surface area (Å²) >= 11 is 0. The zero-order valence-electron chi connectivity index (χ0n) is 34.8. The van der Waals surface area contributed by atoms with E-state index in [4.69, 9.17) is 20.9 Å². The minimum atomic E-state index is -0.589. The van der Waals surface area contributed by atoms with Crippen molar-refractivity contribution in [3.05, 3.63) is 29.8 Å². The smallest absolute Gasteiger partial charge is 0.242 e. The second-order valence-electron chi connectivity index (χ2n) is 15.1. The van der Waals surface area contributed by atoms with Gasteiger partial charge in [-0.05, 0) is 62.9 Å². The van der Waals surface area contributed by atoms with E-state index in [1.165, 1.54) is 6.42 Å². The van der Waals surface area contributed by atoms with Crippen LogP contribution in [0.3, 0.4) is 0 Å². The Labute approximate surface area is 320 Å². The number of amides is 4. The Kier molecular flexibility index (Phi) is 21.8. The molecule has 304 valence electrons. The predicted molar refractivity (Wildman–Crippen MR) is 213 cm³/mol. The first kappa shape index (κ1) is 47.8. The molecule has 1 aromatic rings. The molecule has 53 heavy (non-hydrogen) atoms. The first-order valence-electron chi connectivity index (χ1n) is 19.4. The number of nitrogens with one attached hydrogen (secondary N) is 2. The van der Waals surface area contributed by atoms with Gasteiger partial charge >= 0.3 is 0 Å². The van der Waals surface area contributed by atoms with Crippen LogP contribution in [0, 0.1) is 17.8 Å². The number of anilines is 1. The van der Waals surface area contributed by atoms with E-state index in [9.17, 15) is 19.2 Å². The zero-order chi connectivity index (χ0) is 40.4. The number of methoxy groups -OCH3 is 2. The van der Waals surface area contributed by atoms with Gasteiger partial charge < -0.3 is 41.4 Å². The molecule has 0 saturated carbocycles. The largest absolute Gasteiger partial charge is 0.399 e. The van der Waals surface area contributed by atoms with Crippen LogP contribution in [-0.2, 0) is 35.1 Å². The zero-order valence-corrected chi connectivity index (χ0v) is 34.8. The van der Waals surface area contributed by atoms with Crippen molar-refractivity contribution in [3.63, 3.8) is 0 Å². The molecule has 0 spiro atoms. The van der Waals surface area contributed by atoms with Gasteiger partial charge in [-0.1, -0.05) is 73.4 Å². The summed E-state index contributed by atoms with van der Waals surface area (Å²) in [6.07, 6.45) is 2.97. The first-order chi connectivity index (χ1) is 25.0. The van der Waals surface area contributed by atoms with E-state index in [2.05, 4.69) is 24.5 Å². The average molecular weight is 748 g/mol. The van der Waals surface area contributed by atoms with Gasteiger partial charge in [0.1, 0.15) is 0 Å². The number of carbonyl (C=O) groups excluding carboxylic acids is 4. The fourth-order valence-electron chi connectivity index (χ4n) is 7.32. The van der Waals surface area contributed by atoms with E-state index in [0.717, 1.165) is 18.4 Å². The van der Waals surface area contributed by atoms with E-state index in [0.29, 0.717) is 25.1 Å². The van der Waals surface area contributed by atoms with Crippen LogP contribution in [0.5, 0.6) is 0 Å². The Hall–Kier alpha value is -3.26. The molecule has 13 heteroatoms. The molecule has 4 amide bonds. The molecule has 0 radical (unpaired) electrons. The maximum atomic E-state index is 14.0. The van der Waals surface area contributed by atoms with Crippen molar-refractivity contribution < 1.29 is 28.7 Å². The molecule has 0 bridgehead atoms. The Bertz CT molecular complexity index is 1240. The Morgan fingerprint density at radius 2 is 1.57 bits per heavy atom. The summed E-state index contributed by atoms with van der Waals surface area (Å²) in [4.78, 5) is 59.1. The molecule has 1 fully saturated rings. The second kappa shape index (κ2) is 24.2. The summed E-state index contributed by atoms with van der Waals surface area (Å²) in [5.41, 5.74) is 13.5. The number of nitrogen functional groups attached to an aromatic ring is 1. The summed E-state index contributed by atoms with van der Waals surface area (Å²) in [6, 6.07) is 6.14. The second-order valence-corrected chi connectivity index (χ2v) is 15.1. The van der Waals surface area contributed by atoms with Gasteiger partial charge in [-0.25, -0.2) is 0 Å². The van der Waals surface area contributed by atoms with Gasteiger partial charge in [0.25, 0.3) is 0 Å². The number of likely N-dealkylation sites (tertiary alicyclic amines) is 1. The Morgan fingerprint density at radius 3 is 2.06 bits per heavy atom. The van der Waals surface area contributed by atoms with Crippen LogP contribution in [0.2, 0.25) is 0 Å². The number of likely N-dealkylation sites (N-methyl/N-ethyl adjacent to an activating group) is 2. The lowest BCUT2D eigenvalue weighted by Gasteiger charge is -2.39. The number of carbonyl (C=O) groups is 4. The van der Waals surface area contributed by atoms with E-state index in [1.54, 1.807) is 26.2 Å². The van der Waals surface area contributed by atoms with Gasteiger partial charge in [-0.2, -0.15) is 0 Å². The first-order valence-corrected chi connectivity index (χ1v) is 19.4. The van der Waals surface area contributed by atoms with Crippen molar-refractivity contribution in [1.82, 2.24) is 25.3 Å². The Balaban J connectivity index is 0.00000452. The molecule has 1 aliphatic rings. The molecule has 1 aliphatic heterocycles. The van der Waals surface area contributed by atoms with Crippen molar-refractivity contribution in [3.8, 4) is 0 Å². The van der Waals surface area contributed by atoms with Crippen molar-refractivity contribution >= 4 is 29.3 Å². The van der Waals surface area contributed by atoms with E-state index in [-0.39, 0.29) is 73.1 Å². The van der Waals surface area contributed by atoms with Gasteiger partial charge in [0, 0.05) is 46.1 Å². The summed E-state index contributed by atoms with van der Waals surface area (Å²) in [6.45, 7) is 14.7. The van der Waals surface area contributed by atoms with Gasteiger partial charge in [0.05, 0.1) is 49.2 Å². The van der Waals surface area contributed by atoms with Crippen LogP contribution in [0.25, 0.3) is 0 Å². The van der Waals surface area contributed by atoms with Gasteiger partial charge in [-0.3, -0.25) is 24.1 Å². The van der Waals surface area contributed by atoms with Crippen LogP contribution in [0.1, 0.15) is 86.1 Å². The number of hydrogen-bond acceptors (Lipinski definition) is 9. The van der Waals surface area contributed by atoms with Gasteiger partial charge in [-0.15, -0.1) is 0 Å². The minimum absolute atomic E-state index is 0.0103. The van der Waals surface area contributed by atoms with Gasteiger partial charge in [0.2, 0.25) is 23.6 Å². The van der Waals surface area contributed by atoms with Crippen molar-refractivity contribution in [2.45, 2.75) is 123 Å². The third-order valence-corrected chi connectivity index (χ3v) is 10.3. The molecule has 0 aromatic heterocycles. The molecule has 0 aliphatic carbocycles. The average Bonchev–Trinajstić information content (AvgIpc) is 3.60. The number of rotatable bonds is 20. The highest BCUT2D eigenvalue weighted by Gasteiger charge is 2.42. The summed E-state index contributed by atoms with van der Waals surface area (Å²) in [7, 11) is 8.52. The van der Waals surface area contributed by atoms with Crippen molar-refractivity contribution in [1.29, 1.82) is 0 Å². The lowest BCUT2D eigenvalue weighted by atomic mass is 9.90. The Morgan fingerprint density at radius 1 is 0.962 bits per heavy atom. The third-order valence-electron chi connectivity index (χ3n) is 10.3. The summed E-state index contributed by atoms with van der Waals surface area (Å²) in [5, 5.41) is 5.89. The SMILES string of the molecule is CCC.CC[C@H](C)C([C@@H](CC(=O)N1CCC[C@H]1[C@H](OC)[C@@H](C)C(=O)N[C@H](CN)Cc1ccc(N)cc1)OC)N(C)C(=O)CNC(=O)C(C(C)C)N(C)C. The molecule has 2 rings (SSSR count). The lowest BCUT2D eigenvalue weighted by Crippen LogP contribution is -2.55. The maximum Gasteiger partial charge on any atom is 0.242 e. The molecular formula is C40H73N7O6. The fourth-order valence-corrected chi connectivity index (χ4v) is 7.32. The van der Waals surface area contributed by atoms with Crippen molar-refractivity contribution in [2.75, 3.05) is 60.7 Å². The fraction of sp³-hybridized carbons (Fsp3) is 0.750. The van der Waals surface area contributed by atoms with E-state index >= 15 is 0 Å². The maximum absolute atomic E-state index is 14.0. The summed E-state index contributed by atoms with van der Waals surface area (Å²) in [5.74, 6) is -1.24. The van der Waals surface area contributed by atoms with Crippen LogP contribution in [0.4, 0.5) is 5.69 Å². The molecule has 1 saturated heterocycles. The lowest BCUT2D eigenvalue weighted by molar-refractivity contribution is -0.146. The number of ether oxygens (including phenoxy) is 2. The van der Waals surface area contributed by atoms with Crippen LogP contribution >= 0.6 is 0 Å². The van der Waals surface area contributed by atoms with Crippen LogP contribution in [0.15, 0.2) is 24.3 Å². The van der Waals surface area contributed by atoms with Gasteiger partial charge in [0.15, 0.2) is 0 Å². The van der Waals surface area contributed by atoms with Crippen LogP contribution < -0.4 is 22.1 Å². The molecule has 13 nitrogen and oxygen atoms in total. The topological polar surface area (TPSA) is 173 Å². The molecular weight excluding hydrogens is 674 g/mol. The van der Waals surface area contributed by atoms with Crippen LogP contribution in [-0.4, -0.2) is 130 Å². The molecule has 8 atom stereocenters. The van der Waals surface area contributed by atoms with Crippen molar-refractivity contribution in [2.24, 2.45) is 23.5 Å².